The zero-order valence-electron chi connectivity index (χ0n) is 2.58. The first kappa shape index (κ1) is 22.6. The minimum Gasteiger partial charge on any atom is 0 e. The molecular formula is H6AlFLiO3PV. The Morgan fingerprint density at radius 3 is 1.38 bits per heavy atom. The van der Waals surface area contributed by atoms with Crippen molar-refractivity contribution >= 4 is 44.1 Å². The third kappa shape index (κ3) is 112. The quantitative estimate of drug-likeness (QED) is 0.349. The first-order valence-corrected chi connectivity index (χ1v) is 2.25. The summed E-state index contributed by atoms with van der Waals surface area (Å²) in [5.41, 5.74) is 0. The van der Waals surface area contributed by atoms with Crippen molar-refractivity contribution in [2.24, 2.45) is 0 Å². The van der Waals surface area contributed by atoms with Gasteiger partial charge in [0, 0.05) is 18.6 Å². The Hall–Kier alpha value is 1.79. The van der Waals surface area contributed by atoms with E-state index in [0.29, 0.717) is 0 Å². The van der Waals surface area contributed by atoms with Crippen LogP contribution in [0.2, 0.25) is 0 Å². The van der Waals surface area contributed by atoms with Crippen LogP contribution in [0.3, 0.4) is 0 Å². The topological polar surface area (TPSA) is 57.5 Å². The van der Waals surface area contributed by atoms with E-state index in [1.165, 1.54) is 0 Å². The normalized spacial score (nSPS) is 7.38. The fourth-order valence-electron chi connectivity index (χ4n) is 0. The molecule has 8 heavy (non-hydrogen) atoms. The van der Waals surface area contributed by atoms with E-state index >= 15 is 0 Å². The Morgan fingerprint density at radius 1 is 1.38 bits per heavy atom. The summed E-state index contributed by atoms with van der Waals surface area (Å²) in [4.78, 5) is 13.9. The molecule has 8 heteroatoms. The average Bonchev–Trinajstić information content (AvgIpc) is 0.722. The number of halogens is 1. The monoisotopic (exact) mass is 189 g/mol. The van der Waals surface area contributed by atoms with Gasteiger partial charge >= 0.3 is 26.8 Å². The second-order valence-electron chi connectivity index (χ2n) is 0.473. The summed E-state index contributed by atoms with van der Waals surface area (Å²) < 4.78 is 19.0. The van der Waals surface area contributed by atoms with Crippen LogP contribution in [0, 0.1) is 0 Å². The molecule has 0 aromatic carbocycles. The molecule has 45 valence electrons. The van der Waals surface area contributed by atoms with Gasteiger partial charge in [-0.2, -0.15) is 0 Å². The summed E-state index contributed by atoms with van der Waals surface area (Å²) in [5, 5.41) is 0. The molecule has 0 aromatic rings. The largest absolute Gasteiger partial charge is 0 e. The maximum absolute atomic E-state index is 10.4. The van der Waals surface area contributed by atoms with Crippen LogP contribution in [-0.2, 0) is 23.1 Å². The zero-order chi connectivity index (χ0) is 4.50. The van der Waals surface area contributed by atoms with Crippen LogP contribution >= 0.6 is 7.91 Å². The van der Waals surface area contributed by atoms with Gasteiger partial charge in [0.05, 0.1) is 0 Å². The van der Waals surface area contributed by atoms with Crippen molar-refractivity contribution in [1.82, 2.24) is 0 Å². The fraction of sp³-hybridized carbons (Fsp3) is 0. The van der Waals surface area contributed by atoms with Crippen LogP contribution in [0.15, 0.2) is 0 Å². The minimum absolute atomic E-state index is 0. The molecule has 0 aliphatic carbocycles. The van der Waals surface area contributed by atoms with Gasteiger partial charge in [-0.25, -0.2) is 4.57 Å². The number of hydrogen-bond donors (Lipinski definition) is 2. The molecular weight excluding hydrogens is 183 g/mol. The van der Waals surface area contributed by atoms with Crippen LogP contribution in [0.25, 0.3) is 0 Å². The molecule has 0 aromatic heterocycles. The molecule has 0 aliphatic rings. The molecule has 0 rings (SSSR count). The molecule has 2 N–H and O–H groups in total. The van der Waals surface area contributed by atoms with Gasteiger partial charge in [-0.1, -0.05) is 0 Å². The first-order valence-electron chi connectivity index (χ1n) is 0.752. The van der Waals surface area contributed by atoms with E-state index < -0.39 is 7.91 Å². The third-order valence-corrected chi connectivity index (χ3v) is 0. The molecule has 0 amide bonds. The van der Waals surface area contributed by atoms with Crippen LogP contribution in [0.4, 0.5) is 4.20 Å². The van der Waals surface area contributed by atoms with Crippen molar-refractivity contribution in [2.45, 2.75) is 0 Å². The first-order chi connectivity index (χ1) is 2.00. The van der Waals surface area contributed by atoms with Gasteiger partial charge in [0.15, 0.2) is 17.4 Å². The summed E-state index contributed by atoms with van der Waals surface area (Å²) in [6, 6.07) is 0. The van der Waals surface area contributed by atoms with Crippen LogP contribution in [-0.4, -0.2) is 46.0 Å². The van der Waals surface area contributed by atoms with E-state index in [1.54, 1.807) is 0 Å². The molecule has 0 aliphatic heterocycles. The fourth-order valence-corrected chi connectivity index (χ4v) is 0. The second-order valence-corrected chi connectivity index (χ2v) is 1.42. The van der Waals surface area contributed by atoms with Gasteiger partial charge in [-0.15, -0.1) is 4.20 Å². The van der Waals surface area contributed by atoms with Gasteiger partial charge < -0.3 is 0 Å². The molecule has 0 saturated heterocycles. The van der Waals surface area contributed by atoms with E-state index in [4.69, 9.17) is 14.4 Å². The van der Waals surface area contributed by atoms with Gasteiger partial charge in [0.2, 0.25) is 0 Å². The van der Waals surface area contributed by atoms with Gasteiger partial charge in [-0.05, 0) is 0 Å². The third-order valence-electron chi connectivity index (χ3n) is 0. The Balaban J connectivity index is -0.0000000267. The second kappa shape index (κ2) is 8.79. The van der Waals surface area contributed by atoms with Crippen molar-refractivity contribution in [3.63, 3.8) is 0 Å². The van der Waals surface area contributed by atoms with Gasteiger partial charge in [-0.3, -0.25) is 9.79 Å². The van der Waals surface area contributed by atoms with E-state index in [1.807, 2.05) is 0 Å². The Labute approximate surface area is 80.9 Å². The molecule has 0 fully saturated rings. The molecule has 0 spiro atoms. The SMILES string of the molecule is O=P(O)(O)F.[AlH3].[LiH].[V]. The standard InChI is InChI=1S/Al.FH2O3P.Li.V.4H/c;1-5(2,3)4;;;;;;/h;(H2,2,3,4);;;;;;. The maximum atomic E-state index is 10.4. The summed E-state index contributed by atoms with van der Waals surface area (Å²) in [7, 11) is -5.14. The van der Waals surface area contributed by atoms with Crippen molar-refractivity contribution in [3.8, 4) is 0 Å². The molecule has 0 bridgehead atoms. The molecule has 0 unspecified atom stereocenters. The molecule has 0 heterocycles. The molecule has 1 radical (unpaired) electrons. The average molecular weight is 189 g/mol. The molecule has 0 saturated carbocycles. The Morgan fingerprint density at radius 2 is 1.38 bits per heavy atom. The smallest absolute Gasteiger partial charge is 0 e. The minimum atomic E-state index is -5.14. The molecule has 3 nitrogen and oxygen atoms in total. The summed E-state index contributed by atoms with van der Waals surface area (Å²) in [6.45, 7) is 0. The summed E-state index contributed by atoms with van der Waals surface area (Å²) in [6.07, 6.45) is 0. The van der Waals surface area contributed by atoms with E-state index in [9.17, 15) is 4.20 Å². The van der Waals surface area contributed by atoms with E-state index in [0.717, 1.165) is 0 Å². The molecule has 0 atom stereocenters. The van der Waals surface area contributed by atoms with Crippen LogP contribution < -0.4 is 0 Å². The Bertz CT molecular complexity index is 65.4. The van der Waals surface area contributed by atoms with Crippen molar-refractivity contribution in [1.29, 1.82) is 0 Å². The Kier molecular flexibility index (Phi) is 24.8. The predicted octanol–water partition coefficient (Wildman–Crippen LogP) is -1.79. The van der Waals surface area contributed by atoms with Crippen LogP contribution in [0.5, 0.6) is 0 Å². The van der Waals surface area contributed by atoms with E-state index in [2.05, 4.69) is 0 Å². The maximum Gasteiger partial charge on any atom is 0 e. The summed E-state index contributed by atoms with van der Waals surface area (Å²) >= 11 is 0. The van der Waals surface area contributed by atoms with Crippen molar-refractivity contribution in [3.05, 3.63) is 0 Å². The van der Waals surface area contributed by atoms with Crippen LogP contribution in [0.1, 0.15) is 0 Å². The number of rotatable bonds is 0. The van der Waals surface area contributed by atoms with E-state index in [-0.39, 0.29) is 54.8 Å². The van der Waals surface area contributed by atoms with Gasteiger partial charge in [0.1, 0.15) is 0 Å². The van der Waals surface area contributed by atoms with Crippen molar-refractivity contribution < 1.29 is 37.1 Å². The van der Waals surface area contributed by atoms with Gasteiger partial charge in [0.25, 0.3) is 0 Å². The summed E-state index contributed by atoms with van der Waals surface area (Å²) in [5.74, 6) is 0. The van der Waals surface area contributed by atoms with Crippen molar-refractivity contribution in [2.75, 3.05) is 0 Å². The predicted molar refractivity (Wildman–Crippen MR) is 30.2 cm³/mol. The number of hydrogen-bond acceptors (Lipinski definition) is 1. The zero-order valence-corrected chi connectivity index (χ0v) is 4.87.